The van der Waals surface area contributed by atoms with E-state index in [0.29, 0.717) is 10.0 Å². The molecule has 136 valence electrons. The van der Waals surface area contributed by atoms with Crippen LogP contribution in [0.5, 0.6) is 0 Å². The van der Waals surface area contributed by atoms with Gasteiger partial charge in [0, 0.05) is 20.5 Å². The lowest BCUT2D eigenvalue weighted by molar-refractivity contribution is 0.626. The minimum Gasteiger partial charge on any atom is -0.248 e. The Morgan fingerprint density at radius 2 is 1.56 bits per heavy atom. The number of allylic oxidation sites excluding steroid dienone is 1. The van der Waals surface area contributed by atoms with Crippen LogP contribution in [0.25, 0.3) is 0 Å². The van der Waals surface area contributed by atoms with E-state index in [1.165, 1.54) is 29.5 Å². The van der Waals surface area contributed by atoms with Crippen molar-refractivity contribution in [2.75, 3.05) is 0 Å². The van der Waals surface area contributed by atoms with Crippen LogP contribution in [-0.2, 0) is 0 Å². The Labute approximate surface area is 172 Å². The summed E-state index contributed by atoms with van der Waals surface area (Å²) in [4.78, 5) is 5.67. The lowest BCUT2D eigenvalue weighted by atomic mass is 10.1. The van der Waals surface area contributed by atoms with Crippen molar-refractivity contribution >= 4 is 46.4 Å². The molecule has 5 heteroatoms. The van der Waals surface area contributed by atoms with Crippen LogP contribution in [-0.4, -0.2) is 5.71 Å². The van der Waals surface area contributed by atoms with Gasteiger partial charge in [-0.05, 0) is 73.0 Å². The van der Waals surface area contributed by atoms with Crippen LogP contribution in [0.4, 0.5) is 10.1 Å². The lowest BCUT2D eigenvalue weighted by Gasteiger charge is -2.05. The van der Waals surface area contributed by atoms with Crippen LogP contribution >= 0.6 is 35.0 Å². The highest BCUT2D eigenvalue weighted by atomic mass is 35.5. The van der Waals surface area contributed by atoms with E-state index < -0.39 is 0 Å². The second kappa shape index (κ2) is 9.23. The second-order valence-corrected chi connectivity index (χ2v) is 7.72. The summed E-state index contributed by atoms with van der Waals surface area (Å²) in [7, 11) is 0. The van der Waals surface area contributed by atoms with Gasteiger partial charge in [-0.15, -0.1) is 0 Å². The molecule has 0 N–H and O–H groups in total. The number of hydrogen-bond donors (Lipinski definition) is 0. The molecular formula is C22H16Cl2FNS. The molecule has 0 aromatic heterocycles. The zero-order valence-electron chi connectivity index (χ0n) is 14.5. The third kappa shape index (κ3) is 5.96. The second-order valence-electron chi connectivity index (χ2n) is 5.87. The molecule has 0 fully saturated rings. The predicted molar refractivity (Wildman–Crippen MR) is 115 cm³/mol. The Hall–Kier alpha value is -2.07. The minimum absolute atomic E-state index is 0.251. The molecular weight excluding hydrogens is 400 g/mol. The Bertz CT molecular complexity index is 960. The van der Waals surface area contributed by atoms with Gasteiger partial charge in [-0.3, -0.25) is 0 Å². The Kier molecular flexibility index (Phi) is 6.73. The van der Waals surface area contributed by atoms with Crippen molar-refractivity contribution in [1.29, 1.82) is 0 Å². The number of thioether (sulfide) groups is 1. The van der Waals surface area contributed by atoms with Gasteiger partial charge in [-0.25, -0.2) is 9.38 Å². The zero-order chi connectivity index (χ0) is 19.2. The molecule has 0 bridgehead atoms. The van der Waals surface area contributed by atoms with Gasteiger partial charge in [0.05, 0.1) is 11.4 Å². The van der Waals surface area contributed by atoms with E-state index in [1.54, 1.807) is 18.2 Å². The monoisotopic (exact) mass is 415 g/mol. The Balaban J connectivity index is 1.92. The highest BCUT2D eigenvalue weighted by Crippen LogP contribution is 2.24. The summed E-state index contributed by atoms with van der Waals surface area (Å²) in [5, 5.41) is 3.01. The standard InChI is InChI=1S/C22H16Cl2FNS/c1-15-2-6-20(7-3-15)26-22(16-12-17(23)14-18(24)13-16)10-11-27-21-8-4-19(25)5-9-21/h2-14H,1H3. The summed E-state index contributed by atoms with van der Waals surface area (Å²) in [5.41, 5.74) is 3.56. The molecule has 0 aliphatic carbocycles. The van der Waals surface area contributed by atoms with Gasteiger partial charge in [0.2, 0.25) is 0 Å². The van der Waals surface area contributed by atoms with Crippen LogP contribution in [0.1, 0.15) is 11.1 Å². The quantitative estimate of drug-likeness (QED) is 0.305. The van der Waals surface area contributed by atoms with Crippen molar-refractivity contribution in [3.8, 4) is 0 Å². The first-order valence-electron chi connectivity index (χ1n) is 8.20. The molecule has 0 unspecified atom stereocenters. The van der Waals surface area contributed by atoms with E-state index in [9.17, 15) is 4.39 Å². The SMILES string of the molecule is Cc1ccc(N=C(C=CSc2ccc(F)cc2)c2cc(Cl)cc(Cl)c2)cc1. The molecule has 0 aliphatic rings. The van der Waals surface area contributed by atoms with E-state index in [2.05, 4.69) is 0 Å². The molecule has 0 amide bonds. The van der Waals surface area contributed by atoms with Crippen LogP contribution in [0.3, 0.4) is 0 Å². The molecule has 3 aromatic carbocycles. The third-order valence-corrected chi connectivity index (χ3v) is 4.94. The first-order chi connectivity index (χ1) is 13.0. The van der Waals surface area contributed by atoms with E-state index in [1.807, 2.05) is 54.8 Å². The van der Waals surface area contributed by atoms with Gasteiger partial charge < -0.3 is 0 Å². The largest absolute Gasteiger partial charge is 0.248 e. The predicted octanol–water partition coefficient (Wildman–Crippen LogP) is 7.87. The average Bonchev–Trinajstić information content (AvgIpc) is 2.63. The summed E-state index contributed by atoms with van der Waals surface area (Å²) >= 11 is 13.8. The number of nitrogens with zero attached hydrogens (tertiary/aromatic N) is 1. The molecule has 0 heterocycles. The third-order valence-electron chi connectivity index (χ3n) is 3.69. The fraction of sp³-hybridized carbons (Fsp3) is 0.0455. The van der Waals surface area contributed by atoms with Gasteiger partial charge in [-0.1, -0.05) is 52.7 Å². The number of rotatable bonds is 5. The first kappa shape index (κ1) is 19.7. The molecule has 1 nitrogen and oxygen atoms in total. The molecule has 0 spiro atoms. The topological polar surface area (TPSA) is 12.4 Å². The lowest BCUT2D eigenvalue weighted by Crippen LogP contribution is -1.96. The highest BCUT2D eigenvalue weighted by molar-refractivity contribution is 8.02. The summed E-state index contributed by atoms with van der Waals surface area (Å²) in [6.45, 7) is 2.03. The maximum absolute atomic E-state index is 13.0. The van der Waals surface area contributed by atoms with Gasteiger partial charge in [-0.2, -0.15) is 0 Å². The van der Waals surface area contributed by atoms with E-state index >= 15 is 0 Å². The van der Waals surface area contributed by atoms with Crippen molar-refractivity contribution in [1.82, 2.24) is 0 Å². The molecule has 3 rings (SSSR count). The number of aliphatic imine (C=N–C) groups is 1. The minimum atomic E-state index is -0.251. The fourth-order valence-corrected chi connectivity index (χ4v) is 3.52. The van der Waals surface area contributed by atoms with Crippen LogP contribution in [0, 0.1) is 12.7 Å². The van der Waals surface area contributed by atoms with Gasteiger partial charge in [0.1, 0.15) is 5.82 Å². The Morgan fingerprint density at radius 1 is 0.926 bits per heavy atom. The van der Waals surface area contributed by atoms with Gasteiger partial charge in [0.25, 0.3) is 0 Å². The maximum Gasteiger partial charge on any atom is 0.123 e. The Morgan fingerprint density at radius 3 is 2.19 bits per heavy atom. The van der Waals surface area contributed by atoms with Crippen molar-refractivity contribution in [3.05, 3.63) is 105 Å². The summed E-state index contributed by atoms with van der Waals surface area (Å²) in [6, 6.07) is 19.6. The normalized spacial score (nSPS) is 11.9. The van der Waals surface area contributed by atoms with Crippen LogP contribution in [0.2, 0.25) is 10.0 Å². The van der Waals surface area contributed by atoms with Crippen molar-refractivity contribution in [3.63, 3.8) is 0 Å². The molecule has 3 aromatic rings. The van der Waals surface area contributed by atoms with Crippen LogP contribution in [0.15, 0.2) is 88.1 Å². The maximum atomic E-state index is 13.0. The first-order valence-corrected chi connectivity index (χ1v) is 9.84. The molecule has 0 saturated carbocycles. The fourth-order valence-electron chi connectivity index (χ4n) is 2.35. The molecule has 0 radical (unpaired) electrons. The number of halogens is 3. The molecule has 0 atom stereocenters. The summed E-state index contributed by atoms with van der Waals surface area (Å²) in [5.74, 6) is -0.251. The molecule has 27 heavy (non-hydrogen) atoms. The van der Waals surface area contributed by atoms with Crippen LogP contribution < -0.4 is 0 Å². The number of benzene rings is 3. The van der Waals surface area contributed by atoms with E-state index in [4.69, 9.17) is 28.2 Å². The van der Waals surface area contributed by atoms with Gasteiger partial charge in [0.15, 0.2) is 0 Å². The van der Waals surface area contributed by atoms with Crippen molar-refractivity contribution in [2.24, 2.45) is 4.99 Å². The molecule has 0 saturated heterocycles. The summed E-state index contributed by atoms with van der Waals surface area (Å²) in [6.07, 6.45) is 1.90. The zero-order valence-corrected chi connectivity index (χ0v) is 16.8. The van der Waals surface area contributed by atoms with E-state index in [0.717, 1.165) is 21.9 Å². The van der Waals surface area contributed by atoms with Crippen molar-refractivity contribution < 1.29 is 4.39 Å². The van der Waals surface area contributed by atoms with Crippen molar-refractivity contribution in [2.45, 2.75) is 11.8 Å². The smallest absolute Gasteiger partial charge is 0.123 e. The number of aryl methyl sites for hydroxylation is 1. The highest BCUT2D eigenvalue weighted by Gasteiger charge is 2.05. The summed E-state index contributed by atoms with van der Waals surface area (Å²) < 4.78 is 13.0. The van der Waals surface area contributed by atoms with E-state index in [-0.39, 0.29) is 5.82 Å². The molecule has 0 aliphatic heterocycles. The number of hydrogen-bond acceptors (Lipinski definition) is 2. The van der Waals surface area contributed by atoms with Gasteiger partial charge >= 0.3 is 0 Å². The average molecular weight is 416 g/mol.